The Hall–Kier alpha value is -1.53. The van der Waals surface area contributed by atoms with Crippen LogP contribution in [0.5, 0.6) is 0 Å². The molecule has 5 nitrogen and oxygen atoms in total. The van der Waals surface area contributed by atoms with Crippen LogP contribution < -0.4 is 5.32 Å². The quantitative estimate of drug-likeness (QED) is 0.474. The highest BCUT2D eigenvalue weighted by Gasteiger charge is 2.31. The van der Waals surface area contributed by atoms with Crippen molar-refractivity contribution in [3.8, 4) is 0 Å². The first-order chi connectivity index (χ1) is 9.13. The van der Waals surface area contributed by atoms with E-state index in [1.54, 1.807) is 6.08 Å². The highest BCUT2D eigenvalue weighted by atomic mass is 32.1. The molecule has 1 N–H and O–H groups in total. The Labute approximate surface area is 117 Å². The Kier molecular flexibility index (Phi) is 4.44. The third kappa shape index (κ3) is 3.08. The molecule has 0 radical (unpaired) electrons. The first kappa shape index (κ1) is 13.9. The average molecular weight is 280 g/mol. The molecule has 0 aromatic heterocycles. The fourth-order valence-electron chi connectivity index (χ4n) is 2.03. The van der Waals surface area contributed by atoms with Crippen molar-refractivity contribution in [2.24, 2.45) is 0 Å². The second kappa shape index (κ2) is 6.08. The minimum absolute atomic E-state index is 0.0851. The molecule has 2 amide bonds. The fourth-order valence-corrected chi connectivity index (χ4v) is 2.34. The maximum atomic E-state index is 12.0. The molecular formula is C13H16N2O3S. The van der Waals surface area contributed by atoms with E-state index >= 15 is 0 Å². The van der Waals surface area contributed by atoms with Gasteiger partial charge in [-0.3, -0.25) is 19.8 Å². The van der Waals surface area contributed by atoms with Gasteiger partial charge in [0.1, 0.15) is 5.57 Å². The van der Waals surface area contributed by atoms with Crippen molar-refractivity contribution >= 4 is 29.1 Å². The lowest BCUT2D eigenvalue weighted by Gasteiger charge is -2.27. The summed E-state index contributed by atoms with van der Waals surface area (Å²) >= 11 is 4.94. The van der Waals surface area contributed by atoms with E-state index in [0.29, 0.717) is 6.54 Å². The van der Waals surface area contributed by atoms with Crippen molar-refractivity contribution in [3.63, 3.8) is 0 Å². The second-order valence-corrected chi connectivity index (χ2v) is 4.71. The standard InChI is InChI=1S/C13H16N2O3S/c1-2-15-12(17)10(11(16)14-13(15)19)7-3-5-9-6-4-8-18-9/h3,5,7,9H,2,4,6,8H2,1H3,(H,14,16,19)/b5-3+,10-7+. The lowest BCUT2D eigenvalue weighted by molar-refractivity contribution is -0.128. The summed E-state index contributed by atoms with van der Waals surface area (Å²) in [5.41, 5.74) is 0.102. The molecule has 2 aliphatic heterocycles. The zero-order chi connectivity index (χ0) is 13.8. The van der Waals surface area contributed by atoms with Crippen LogP contribution in [0.3, 0.4) is 0 Å². The summed E-state index contributed by atoms with van der Waals surface area (Å²) in [5, 5.41) is 2.67. The van der Waals surface area contributed by atoms with E-state index in [1.807, 2.05) is 13.0 Å². The molecule has 2 rings (SSSR count). The van der Waals surface area contributed by atoms with Crippen molar-refractivity contribution in [3.05, 3.63) is 23.8 Å². The van der Waals surface area contributed by atoms with Crippen molar-refractivity contribution in [2.45, 2.75) is 25.9 Å². The molecule has 1 unspecified atom stereocenters. The van der Waals surface area contributed by atoms with Gasteiger partial charge in [-0.25, -0.2) is 0 Å². The topological polar surface area (TPSA) is 58.6 Å². The molecule has 102 valence electrons. The number of likely N-dealkylation sites (N-methyl/N-ethyl adjacent to an activating group) is 1. The van der Waals surface area contributed by atoms with E-state index in [2.05, 4.69) is 5.32 Å². The molecule has 0 aliphatic carbocycles. The summed E-state index contributed by atoms with van der Waals surface area (Å²) in [6.45, 7) is 3.01. The van der Waals surface area contributed by atoms with E-state index in [1.165, 1.54) is 11.0 Å². The van der Waals surface area contributed by atoms with Crippen molar-refractivity contribution in [1.29, 1.82) is 0 Å². The Morgan fingerprint density at radius 2 is 2.32 bits per heavy atom. The number of thiocarbonyl (C=S) groups is 1. The number of carbonyl (C=O) groups is 2. The number of ether oxygens (including phenoxy) is 1. The zero-order valence-corrected chi connectivity index (χ0v) is 11.5. The van der Waals surface area contributed by atoms with Crippen molar-refractivity contribution < 1.29 is 14.3 Å². The smallest absolute Gasteiger partial charge is 0.265 e. The number of allylic oxidation sites excluding steroid dienone is 2. The van der Waals surface area contributed by atoms with Crippen LogP contribution in [-0.2, 0) is 14.3 Å². The molecule has 2 aliphatic rings. The molecule has 0 bridgehead atoms. The van der Waals surface area contributed by atoms with Crippen LogP contribution in [0.4, 0.5) is 0 Å². The van der Waals surface area contributed by atoms with Crippen LogP contribution in [0.1, 0.15) is 19.8 Å². The van der Waals surface area contributed by atoms with E-state index in [4.69, 9.17) is 17.0 Å². The van der Waals surface area contributed by atoms with Gasteiger partial charge >= 0.3 is 0 Å². The molecule has 6 heteroatoms. The molecular weight excluding hydrogens is 264 g/mol. The van der Waals surface area contributed by atoms with Gasteiger partial charge in [0.2, 0.25) is 0 Å². The second-order valence-electron chi connectivity index (χ2n) is 4.33. The number of hydrogen-bond donors (Lipinski definition) is 1. The van der Waals surface area contributed by atoms with Crippen molar-refractivity contribution in [1.82, 2.24) is 10.2 Å². The van der Waals surface area contributed by atoms with Gasteiger partial charge in [-0.05, 0) is 38.1 Å². The first-order valence-electron chi connectivity index (χ1n) is 6.30. The predicted octanol–water partition coefficient (Wildman–Crippen LogP) is 0.911. The molecule has 0 aromatic carbocycles. The maximum Gasteiger partial charge on any atom is 0.265 e. The van der Waals surface area contributed by atoms with Crippen LogP contribution in [0.2, 0.25) is 0 Å². The predicted molar refractivity (Wildman–Crippen MR) is 74.3 cm³/mol. The van der Waals surface area contributed by atoms with Gasteiger partial charge in [0.05, 0.1) is 6.10 Å². The summed E-state index contributed by atoms with van der Waals surface area (Å²) in [7, 11) is 0. The van der Waals surface area contributed by atoms with Crippen molar-refractivity contribution in [2.75, 3.05) is 13.2 Å². The van der Waals surface area contributed by atoms with Gasteiger partial charge in [-0.15, -0.1) is 0 Å². The molecule has 0 spiro atoms. The van der Waals surface area contributed by atoms with E-state index in [0.717, 1.165) is 19.4 Å². The highest BCUT2D eigenvalue weighted by Crippen LogP contribution is 2.14. The Morgan fingerprint density at radius 1 is 1.53 bits per heavy atom. The monoisotopic (exact) mass is 280 g/mol. The molecule has 19 heavy (non-hydrogen) atoms. The van der Waals surface area contributed by atoms with Crippen LogP contribution in [0.15, 0.2) is 23.8 Å². The van der Waals surface area contributed by atoms with Crippen LogP contribution >= 0.6 is 12.2 Å². The van der Waals surface area contributed by atoms with Gasteiger partial charge in [-0.1, -0.05) is 12.2 Å². The minimum Gasteiger partial charge on any atom is -0.374 e. The summed E-state index contributed by atoms with van der Waals surface area (Å²) in [4.78, 5) is 25.1. The summed E-state index contributed by atoms with van der Waals surface area (Å²) in [5.74, 6) is -0.801. The molecule has 0 aromatic rings. The summed E-state index contributed by atoms with van der Waals surface area (Å²) in [6.07, 6.45) is 7.19. The maximum absolute atomic E-state index is 12.0. The Balaban J connectivity index is 2.10. The molecule has 1 atom stereocenters. The third-order valence-electron chi connectivity index (χ3n) is 3.06. The van der Waals surface area contributed by atoms with Gasteiger partial charge in [0.25, 0.3) is 11.8 Å². The molecule has 0 saturated carbocycles. The minimum atomic E-state index is -0.448. The van der Waals surface area contributed by atoms with Crippen LogP contribution in [-0.4, -0.2) is 41.1 Å². The number of hydrogen-bond acceptors (Lipinski definition) is 4. The Bertz CT molecular complexity index is 465. The molecule has 2 saturated heterocycles. The number of carbonyl (C=O) groups excluding carboxylic acids is 2. The van der Waals surface area contributed by atoms with Gasteiger partial charge < -0.3 is 4.74 Å². The van der Waals surface area contributed by atoms with E-state index in [9.17, 15) is 9.59 Å². The molecule has 2 heterocycles. The van der Waals surface area contributed by atoms with E-state index in [-0.39, 0.29) is 22.7 Å². The zero-order valence-electron chi connectivity index (χ0n) is 10.7. The van der Waals surface area contributed by atoms with Crippen LogP contribution in [0.25, 0.3) is 0 Å². The number of nitrogens with one attached hydrogen (secondary N) is 1. The average Bonchev–Trinajstić information content (AvgIpc) is 2.86. The number of rotatable bonds is 3. The summed E-state index contributed by atoms with van der Waals surface area (Å²) in [6, 6.07) is 0. The fraction of sp³-hybridized carbons (Fsp3) is 0.462. The van der Waals surface area contributed by atoms with Gasteiger partial charge in [0, 0.05) is 13.2 Å². The third-order valence-corrected chi connectivity index (χ3v) is 3.38. The van der Waals surface area contributed by atoms with Gasteiger partial charge in [-0.2, -0.15) is 0 Å². The van der Waals surface area contributed by atoms with Crippen LogP contribution in [0, 0.1) is 0 Å². The number of nitrogens with zero attached hydrogens (tertiary/aromatic N) is 1. The number of amides is 2. The Morgan fingerprint density at radius 3 is 2.95 bits per heavy atom. The largest absolute Gasteiger partial charge is 0.374 e. The summed E-state index contributed by atoms with van der Waals surface area (Å²) < 4.78 is 5.42. The first-order valence-corrected chi connectivity index (χ1v) is 6.71. The van der Waals surface area contributed by atoms with E-state index < -0.39 is 5.91 Å². The lowest BCUT2D eigenvalue weighted by Crippen LogP contribution is -2.53. The highest BCUT2D eigenvalue weighted by molar-refractivity contribution is 7.80. The SMILES string of the molecule is CCN1C(=O)/C(=C/C=C/C2CCCO2)C(=O)NC1=S. The molecule has 2 fully saturated rings. The van der Waals surface area contributed by atoms with Gasteiger partial charge in [0.15, 0.2) is 5.11 Å². The normalized spacial score (nSPS) is 26.6. The lowest BCUT2D eigenvalue weighted by atomic mass is 10.1.